The predicted molar refractivity (Wildman–Crippen MR) is 165 cm³/mol. The molecule has 0 aliphatic carbocycles. The smallest absolute Gasteiger partial charge is 0.220 e. The van der Waals surface area contributed by atoms with E-state index in [1.165, 1.54) is 83.5 Å². The fourth-order valence-electron chi connectivity index (χ4n) is 4.32. The normalized spacial score (nSPS) is 13.9. The van der Waals surface area contributed by atoms with E-state index >= 15 is 0 Å². The molecule has 0 heterocycles. The van der Waals surface area contributed by atoms with Crippen molar-refractivity contribution in [3.05, 3.63) is 48.6 Å². The average Bonchev–Trinajstić information content (AvgIpc) is 2.92. The molecule has 0 aromatic carbocycles. The van der Waals surface area contributed by atoms with Gasteiger partial charge in [-0.15, -0.1) is 0 Å². The maximum atomic E-state index is 12.2. The van der Waals surface area contributed by atoms with Gasteiger partial charge in [-0.2, -0.15) is 0 Å². The summed E-state index contributed by atoms with van der Waals surface area (Å²) in [5.74, 6) is -0.100. The molecule has 0 aromatic rings. The largest absolute Gasteiger partial charge is 0.394 e. The van der Waals surface area contributed by atoms with Crippen molar-refractivity contribution in [2.45, 2.75) is 154 Å². The molecule has 0 spiro atoms. The lowest BCUT2D eigenvalue weighted by molar-refractivity contribution is -0.123. The summed E-state index contributed by atoms with van der Waals surface area (Å²) in [5, 5.41) is 22.7. The third-order valence-corrected chi connectivity index (χ3v) is 6.84. The first-order valence-electron chi connectivity index (χ1n) is 15.9. The minimum absolute atomic E-state index is 0.100. The highest BCUT2D eigenvalue weighted by molar-refractivity contribution is 5.76. The van der Waals surface area contributed by atoms with Crippen molar-refractivity contribution in [3.8, 4) is 0 Å². The number of unbranched alkanes of at least 4 members (excludes halogenated alkanes) is 15. The van der Waals surface area contributed by atoms with Gasteiger partial charge in [-0.05, 0) is 51.4 Å². The van der Waals surface area contributed by atoms with Gasteiger partial charge in [-0.3, -0.25) is 4.79 Å². The van der Waals surface area contributed by atoms with Crippen molar-refractivity contribution in [2.24, 2.45) is 0 Å². The van der Waals surface area contributed by atoms with Crippen LogP contribution < -0.4 is 5.32 Å². The van der Waals surface area contributed by atoms with Gasteiger partial charge >= 0.3 is 0 Å². The van der Waals surface area contributed by atoms with Crippen LogP contribution in [0.1, 0.15) is 142 Å². The molecule has 4 nitrogen and oxygen atoms in total. The van der Waals surface area contributed by atoms with Crippen molar-refractivity contribution in [1.29, 1.82) is 0 Å². The fourth-order valence-corrected chi connectivity index (χ4v) is 4.32. The van der Waals surface area contributed by atoms with Crippen LogP contribution in [0.25, 0.3) is 0 Å². The van der Waals surface area contributed by atoms with Crippen LogP contribution >= 0.6 is 0 Å². The molecule has 0 radical (unpaired) electrons. The molecule has 0 aliphatic rings. The van der Waals surface area contributed by atoms with Gasteiger partial charge in [0, 0.05) is 6.42 Å². The fraction of sp³-hybridized carbons (Fsp3) is 0.735. The van der Waals surface area contributed by atoms with Crippen LogP contribution in [0.4, 0.5) is 0 Å². The quantitative estimate of drug-likeness (QED) is 0.0563. The van der Waals surface area contributed by atoms with Crippen LogP contribution in [-0.4, -0.2) is 34.9 Å². The summed E-state index contributed by atoms with van der Waals surface area (Å²) in [6.45, 7) is 4.20. The van der Waals surface area contributed by atoms with Crippen LogP contribution in [0.2, 0.25) is 0 Å². The Bertz CT molecular complexity index is 623. The van der Waals surface area contributed by atoms with Gasteiger partial charge in [-0.1, -0.05) is 133 Å². The maximum Gasteiger partial charge on any atom is 0.220 e. The summed E-state index contributed by atoms with van der Waals surface area (Å²) in [6.07, 6.45) is 39.0. The number of aliphatic hydroxyl groups excluding tert-OH is 2. The molecule has 38 heavy (non-hydrogen) atoms. The molecule has 0 bridgehead atoms. The molecule has 0 saturated heterocycles. The first kappa shape index (κ1) is 36.4. The molecule has 0 aliphatic heterocycles. The molecule has 3 N–H and O–H groups in total. The summed E-state index contributed by atoms with van der Waals surface area (Å²) < 4.78 is 0. The van der Waals surface area contributed by atoms with E-state index in [9.17, 15) is 15.0 Å². The Labute approximate surface area is 235 Å². The SMILES string of the molecule is CCCCC/C=C/C/C=C/CCCCCCCC(=O)N[C@@H](CO)[C@H](O)/C=C/C=C/CCCCCCCCC. The number of aliphatic hydroxyl groups is 2. The summed E-state index contributed by atoms with van der Waals surface area (Å²) in [6, 6.07) is -0.659. The van der Waals surface area contributed by atoms with Gasteiger partial charge in [0.25, 0.3) is 0 Å². The van der Waals surface area contributed by atoms with Crippen molar-refractivity contribution >= 4 is 5.91 Å². The molecule has 0 rings (SSSR count). The second-order valence-electron chi connectivity index (χ2n) is 10.6. The molecular formula is C34H61NO3. The molecule has 0 aromatic heterocycles. The lowest BCUT2D eigenvalue weighted by atomic mass is 10.1. The Kier molecular flexibility index (Phi) is 28.6. The van der Waals surface area contributed by atoms with Crippen molar-refractivity contribution in [3.63, 3.8) is 0 Å². The molecule has 0 unspecified atom stereocenters. The number of nitrogens with one attached hydrogen (secondary N) is 1. The number of carbonyl (C=O) groups is 1. The Morgan fingerprint density at radius 3 is 1.76 bits per heavy atom. The highest BCUT2D eigenvalue weighted by Gasteiger charge is 2.17. The van der Waals surface area contributed by atoms with Gasteiger partial charge in [0.2, 0.25) is 5.91 Å². The van der Waals surface area contributed by atoms with Gasteiger partial charge in [-0.25, -0.2) is 0 Å². The van der Waals surface area contributed by atoms with Gasteiger partial charge < -0.3 is 15.5 Å². The molecule has 1 amide bonds. The van der Waals surface area contributed by atoms with Crippen LogP contribution in [0.3, 0.4) is 0 Å². The van der Waals surface area contributed by atoms with E-state index in [0.29, 0.717) is 6.42 Å². The van der Waals surface area contributed by atoms with E-state index in [-0.39, 0.29) is 12.5 Å². The number of rotatable bonds is 27. The minimum atomic E-state index is -0.892. The average molecular weight is 532 g/mol. The van der Waals surface area contributed by atoms with Gasteiger partial charge in [0.1, 0.15) is 0 Å². The number of carbonyl (C=O) groups excluding carboxylic acids is 1. The maximum absolute atomic E-state index is 12.2. The highest BCUT2D eigenvalue weighted by Crippen LogP contribution is 2.10. The van der Waals surface area contributed by atoms with E-state index in [1.54, 1.807) is 12.2 Å². The Morgan fingerprint density at radius 1 is 0.658 bits per heavy atom. The van der Waals surface area contributed by atoms with Crippen molar-refractivity contribution in [1.82, 2.24) is 5.32 Å². The van der Waals surface area contributed by atoms with E-state index < -0.39 is 12.1 Å². The zero-order valence-electron chi connectivity index (χ0n) is 24.9. The van der Waals surface area contributed by atoms with Crippen molar-refractivity contribution in [2.75, 3.05) is 6.61 Å². The Hall–Kier alpha value is -1.65. The van der Waals surface area contributed by atoms with Crippen LogP contribution in [0, 0.1) is 0 Å². The standard InChI is InChI=1S/C34H61NO3/c1-3-5-7-9-11-13-15-16-17-18-20-22-24-26-28-30-34(38)35-32(31-36)33(37)29-27-25-23-21-19-14-12-10-8-6-4-2/h11,13,16-17,23,25,27,29,32-33,36-37H,3-10,12,14-15,18-22,24,26,28,30-31H2,1-2H3,(H,35,38)/b13-11+,17-16+,25-23+,29-27+/t32-,33+/m0/s1. The molecule has 0 fully saturated rings. The number of amides is 1. The minimum Gasteiger partial charge on any atom is -0.394 e. The second-order valence-corrected chi connectivity index (χ2v) is 10.6. The summed E-state index contributed by atoms with van der Waals surface area (Å²) >= 11 is 0. The summed E-state index contributed by atoms with van der Waals surface area (Å²) in [7, 11) is 0. The monoisotopic (exact) mass is 531 g/mol. The predicted octanol–water partition coefficient (Wildman–Crippen LogP) is 8.89. The van der Waals surface area contributed by atoms with Gasteiger partial charge in [0.15, 0.2) is 0 Å². The van der Waals surface area contributed by atoms with Crippen LogP contribution in [-0.2, 0) is 4.79 Å². The second kappa shape index (κ2) is 29.9. The van der Waals surface area contributed by atoms with E-state index in [1.807, 2.05) is 6.08 Å². The molecule has 2 atom stereocenters. The molecule has 4 heteroatoms. The Morgan fingerprint density at radius 2 is 1.16 bits per heavy atom. The molecule has 220 valence electrons. The highest BCUT2D eigenvalue weighted by atomic mass is 16.3. The summed E-state index contributed by atoms with van der Waals surface area (Å²) in [5.41, 5.74) is 0. The van der Waals surface area contributed by atoms with E-state index in [0.717, 1.165) is 38.5 Å². The summed E-state index contributed by atoms with van der Waals surface area (Å²) in [4.78, 5) is 12.2. The van der Waals surface area contributed by atoms with E-state index in [4.69, 9.17) is 0 Å². The Balaban J connectivity index is 3.78. The number of hydrogen-bond donors (Lipinski definition) is 3. The third-order valence-electron chi connectivity index (χ3n) is 6.84. The third kappa shape index (κ3) is 26.0. The lowest BCUT2D eigenvalue weighted by Crippen LogP contribution is -2.45. The molecule has 0 saturated carbocycles. The van der Waals surface area contributed by atoms with Gasteiger partial charge in [0.05, 0.1) is 18.8 Å². The van der Waals surface area contributed by atoms with E-state index in [2.05, 4.69) is 49.5 Å². The van der Waals surface area contributed by atoms with Crippen LogP contribution in [0.5, 0.6) is 0 Å². The first-order valence-corrected chi connectivity index (χ1v) is 15.9. The lowest BCUT2D eigenvalue weighted by Gasteiger charge is -2.19. The zero-order valence-corrected chi connectivity index (χ0v) is 24.9. The van der Waals surface area contributed by atoms with Crippen LogP contribution in [0.15, 0.2) is 48.6 Å². The molecular weight excluding hydrogens is 470 g/mol. The zero-order chi connectivity index (χ0) is 27.9. The first-order chi connectivity index (χ1) is 18.7. The topological polar surface area (TPSA) is 69.6 Å². The number of hydrogen-bond acceptors (Lipinski definition) is 3. The van der Waals surface area contributed by atoms with Crippen molar-refractivity contribution < 1.29 is 15.0 Å². The number of allylic oxidation sites excluding steroid dienone is 7.